The summed E-state index contributed by atoms with van der Waals surface area (Å²) in [4.78, 5) is 52.3. The summed E-state index contributed by atoms with van der Waals surface area (Å²) < 4.78 is 129. The van der Waals surface area contributed by atoms with Crippen LogP contribution in [0.15, 0.2) is 136 Å². The molecule has 0 aromatic heterocycles. The monoisotopic (exact) mass is 1130 g/mol. The summed E-state index contributed by atoms with van der Waals surface area (Å²) in [6.45, 7) is -0.293. The van der Waals surface area contributed by atoms with Crippen molar-refractivity contribution in [3.63, 3.8) is 0 Å². The molecule has 396 valence electrons. The summed E-state index contributed by atoms with van der Waals surface area (Å²) >= 11 is 7.39. The molecule has 5 aromatic rings. The summed E-state index contributed by atoms with van der Waals surface area (Å²) in [7, 11) is -20.8. The summed E-state index contributed by atoms with van der Waals surface area (Å²) in [6, 6.07) is 32.3. The Labute approximate surface area is 430 Å². The van der Waals surface area contributed by atoms with E-state index in [1.165, 1.54) is 28.8 Å². The van der Waals surface area contributed by atoms with Gasteiger partial charge in [0.1, 0.15) is 5.75 Å². The van der Waals surface area contributed by atoms with Crippen molar-refractivity contribution < 1.29 is 77.7 Å². The third-order valence-corrected chi connectivity index (χ3v) is 17.9. The first-order valence-electron chi connectivity index (χ1n) is 22.7. The first-order chi connectivity index (χ1) is 34.3. The van der Waals surface area contributed by atoms with Crippen LogP contribution in [0.2, 0.25) is 5.02 Å². The Morgan fingerprint density at radius 3 is 1.97 bits per heavy atom. The average molecular weight is 1130 g/mol. The van der Waals surface area contributed by atoms with E-state index in [4.69, 9.17) is 31.2 Å². The maximum atomic E-state index is 14.3. The second kappa shape index (κ2) is 25.3. The molecule has 0 amide bonds. The van der Waals surface area contributed by atoms with E-state index in [1.807, 2.05) is 36.4 Å². The van der Waals surface area contributed by atoms with Gasteiger partial charge in [-0.1, -0.05) is 72.3 Å². The Morgan fingerprint density at radius 1 is 0.795 bits per heavy atom. The zero-order valence-corrected chi connectivity index (χ0v) is 43.9. The van der Waals surface area contributed by atoms with Gasteiger partial charge in [0.15, 0.2) is 15.6 Å². The Balaban J connectivity index is 1.16. The van der Waals surface area contributed by atoms with E-state index in [2.05, 4.69) is 13.9 Å². The molecule has 1 heterocycles. The van der Waals surface area contributed by atoms with Gasteiger partial charge in [-0.3, -0.25) is 18.7 Å². The van der Waals surface area contributed by atoms with Gasteiger partial charge in [-0.2, -0.15) is 13.2 Å². The number of hydrogen-bond donors (Lipinski definition) is 5. The highest BCUT2D eigenvalue weighted by Crippen LogP contribution is 2.40. The van der Waals surface area contributed by atoms with Crippen LogP contribution >= 0.6 is 39.0 Å². The van der Waals surface area contributed by atoms with Gasteiger partial charge in [-0.15, -0.1) is 11.8 Å². The minimum atomic E-state index is -6.19. The van der Waals surface area contributed by atoms with Crippen LogP contribution in [0.5, 0.6) is 0 Å². The van der Waals surface area contributed by atoms with Crippen molar-refractivity contribution >= 4 is 70.2 Å². The number of phosphoric ester groups is 2. The predicted octanol–water partition coefficient (Wildman–Crippen LogP) is 8.77. The highest BCUT2D eigenvalue weighted by atomic mass is 35.5. The van der Waals surface area contributed by atoms with Crippen LogP contribution in [0.1, 0.15) is 46.9 Å². The predicted molar refractivity (Wildman–Crippen MR) is 271 cm³/mol. The number of ketones is 1. The molecular formula is C48H54ClF3N2O14P2S3. The lowest BCUT2D eigenvalue weighted by Gasteiger charge is -2.36. The lowest BCUT2D eigenvalue weighted by atomic mass is 9.84. The smallest absolute Gasteiger partial charge is 0.388 e. The standard InChI is InChI=1S/C48H54ClF3N2O14P2S3/c49-39-15-10-35(11-16-39)43-8-4-5-9-44(43)47(56)37-21-24-54(25-22-37)40-17-12-36(13-18-40)45(55)33-72(63,64)42-19-14-38(46(31-42)73(65,66)48(50,51)52)30-34(32-71-41-6-2-1-3-7-41)20-23-53(26-28-67-69(57,58)59)27-29-68-70(60,61)62/h1-19,31,34,37,47,56H,20-30,32-33H2,(H2,57,58,59)(H2,60,61,62)/t34-,47+/m0/s1. The molecule has 25 heteroatoms. The first-order valence-corrected chi connectivity index (χ1v) is 30.2. The molecule has 1 saturated heterocycles. The number of alkyl halides is 3. The first kappa shape index (κ1) is 58.3. The number of rotatable bonds is 25. The molecule has 1 aliphatic heterocycles. The van der Waals surface area contributed by atoms with E-state index in [0.29, 0.717) is 37.0 Å². The Morgan fingerprint density at radius 2 is 1.38 bits per heavy atom. The fourth-order valence-electron chi connectivity index (χ4n) is 8.41. The van der Waals surface area contributed by atoms with Crippen molar-refractivity contribution in [3.8, 4) is 11.1 Å². The van der Waals surface area contributed by atoms with Crippen LogP contribution < -0.4 is 4.90 Å². The zero-order valence-electron chi connectivity index (χ0n) is 38.9. The van der Waals surface area contributed by atoms with Crippen LogP contribution in [0, 0.1) is 11.8 Å². The minimum Gasteiger partial charge on any atom is -0.388 e. The highest BCUT2D eigenvalue weighted by molar-refractivity contribution is 7.99. The van der Waals surface area contributed by atoms with Gasteiger partial charge in [0.25, 0.3) is 9.84 Å². The van der Waals surface area contributed by atoms with E-state index in [0.717, 1.165) is 39.4 Å². The number of benzene rings is 5. The molecule has 1 fully saturated rings. The second-order valence-electron chi connectivity index (χ2n) is 17.3. The number of aliphatic hydroxyl groups excluding tert-OH is 1. The molecule has 0 unspecified atom stereocenters. The maximum absolute atomic E-state index is 14.3. The molecule has 5 aromatic carbocycles. The number of sulfone groups is 2. The lowest BCUT2D eigenvalue weighted by Crippen LogP contribution is -2.35. The molecule has 5 N–H and O–H groups in total. The van der Waals surface area contributed by atoms with E-state index in [1.54, 1.807) is 54.6 Å². The number of carbonyl (C=O) groups is 1. The van der Waals surface area contributed by atoms with Crippen molar-refractivity contribution in [2.75, 3.05) is 62.3 Å². The number of anilines is 1. The van der Waals surface area contributed by atoms with E-state index < -0.39 is 87.4 Å². The fraction of sp³-hybridized carbons (Fsp3) is 0.354. The maximum Gasteiger partial charge on any atom is 0.501 e. The number of piperidine rings is 1. The van der Waals surface area contributed by atoms with Crippen LogP contribution in [-0.4, -0.2) is 115 Å². The Hall–Kier alpha value is -3.96. The number of phosphoric acid groups is 2. The fourth-order valence-corrected chi connectivity index (χ4v) is 12.6. The molecule has 6 rings (SSSR count). The number of hydrogen-bond acceptors (Lipinski definition) is 13. The molecule has 0 bridgehead atoms. The van der Waals surface area contributed by atoms with Crippen molar-refractivity contribution in [2.24, 2.45) is 11.8 Å². The average Bonchev–Trinajstić information content (AvgIpc) is 3.33. The number of Topliss-reactive ketones (excluding diaryl/α,β-unsaturated/α-hetero) is 1. The van der Waals surface area contributed by atoms with Gasteiger partial charge in [0, 0.05) is 53.1 Å². The van der Waals surface area contributed by atoms with Crippen molar-refractivity contribution in [3.05, 3.63) is 143 Å². The number of halogens is 4. The van der Waals surface area contributed by atoms with E-state index >= 15 is 0 Å². The topological polar surface area (TPSA) is 246 Å². The Bertz CT molecular complexity index is 2950. The number of nitrogens with zero attached hydrogens (tertiary/aromatic N) is 2. The van der Waals surface area contributed by atoms with Crippen molar-refractivity contribution in [2.45, 2.75) is 52.0 Å². The van der Waals surface area contributed by atoms with Crippen LogP contribution in [-0.2, 0) is 44.3 Å². The second-order valence-corrected chi connectivity index (χ2v) is 25.2. The molecular weight excluding hydrogens is 1080 g/mol. The highest BCUT2D eigenvalue weighted by Gasteiger charge is 2.48. The van der Waals surface area contributed by atoms with Gasteiger partial charge in [0.05, 0.1) is 29.1 Å². The molecule has 0 spiro atoms. The summed E-state index contributed by atoms with van der Waals surface area (Å²) in [6.07, 6.45) is 0.278. The third kappa shape index (κ3) is 17.0. The molecule has 16 nitrogen and oxygen atoms in total. The molecule has 2 atom stereocenters. The molecule has 0 saturated carbocycles. The van der Waals surface area contributed by atoms with Gasteiger partial charge in [-0.25, -0.2) is 26.0 Å². The van der Waals surface area contributed by atoms with Crippen molar-refractivity contribution in [1.82, 2.24) is 4.90 Å². The molecule has 1 aliphatic rings. The van der Waals surface area contributed by atoms with Gasteiger partial charge >= 0.3 is 21.2 Å². The minimum absolute atomic E-state index is 0.00347. The molecule has 0 radical (unpaired) electrons. The number of thioether (sulfide) groups is 1. The zero-order chi connectivity index (χ0) is 53.2. The van der Waals surface area contributed by atoms with Crippen molar-refractivity contribution in [1.29, 1.82) is 0 Å². The summed E-state index contributed by atoms with van der Waals surface area (Å²) in [5.41, 5.74) is -2.88. The third-order valence-electron chi connectivity index (χ3n) is 12.2. The van der Waals surface area contributed by atoms with Crippen LogP contribution in [0.25, 0.3) is 11.1 Å². The normalized spacial score (nSPS) is 15.1. The van der Waals surface area contributed by atoms with E-state index in [9.17, 15) is 49.0 Å². The van der Waals surface area contributed by atoms with E-state index in [-0.39, 0.29) is 55.3 Å². The summed E-state index contributed by atoms with van der Waals surface area (Å²) in [5.74, 6) is -2.62. The van der Waals surface area contributed by atoms with Gasteiger partial charge in [0.2, 0.25) is 0 Å². The van der Waals surface area contributed by atoms with Crippen LogP contribution in [0.3, 0.4) is 0 Å². The summed E-state index contributed by atoms with van der Waals surface area (Å²) in [5, 5.41) is 12.1. The quantitative estimate of drug-likeness (QED) is 0.0208. The lowest BCUT2D eigenvalue weighted by molar-refractivity contribution is -0.0436. The number of aliphatic hydroxyl groups is 1. The largest absolute Gasteiger partial charge is 0.501 e. The van der Waals surface area contributed by atoms with Gasteiger partial charge in [-0.05, 0) is 127 Å². The van der Waals surface area contributed by atoms with Gasteiger partial charge < -0.3 is 29.6 Å². The van der Waals surface area contributed by atoms with Crippen LogP contribution in [0.4, 0.5) is 18.9 Å². The number of carbonyl (C=O) groups excluding carboxylic acids is 1. The molecule has 73 heavy (non-hydrogen) atoms. The SMILES string of the molecule is O=C(CS(=O)(=O)c1ccc(C[C@H](CCN(CCOP(=O)(O)O)CCOP(=O)(O)O)CSc2ccccc2)c(S(=O)(=O)C(F)(F)F)c1)c1ccc(N2CCC([C@@H](O)c3ccccc3-c3ccc(Cl)cc3)CC2)cc1. The Kier molecular flexibility index (Phi) is 20.2. The molecule has 0 aliphatic carbocycles.